The lowest BCUT2D eigenvalue weighted by atomic mass is 10.1. The molecule has 0 atom stereocenters. The van der Waals surface area contributed by atoms with Gasteiger partial charge in [-0.25, -0.2) is 0 Å². The Bertz CT molecular complexity index is 485. The molecule has 16 heavy (non-hydrogen) atoms. The molecule has 0 aliphatic rings. The zero-order chi connectivity index (χ0) is 11.4. The van der Waals surface area contributed by atoms with Crippen molar-refractivity contribution in [3.63, 3.8) is 0 Å². The number of aliphatic hydroxyl groups is 1. The molecule has 0 bridgehead atoms. The number of fused-ring (bicyclic) bond motifs is 1. The van der Waals surface area contributed by atoms with Crippen molar-refractivity contribution in [2.45, 2.75) is 13.3 Å². The van der Waals surface area contributed by atoms with Gasteiger partial charge in [-0.3, -0.25) is 0 Å². The average Bonchev–Trinajstić information content (AvgIpc) is 2.36. The van der Waals surface area contributed by atoms with E-state index in [0.29, 0.717) is 6.54 Å². The second-order valence-electron chi connectivity index (χ2n) is 3.54. The molecule has 0 unspecified atom stereocenters. The van der Waals surface area contributed by atoms with Crippen molar-refractivity contribution in [3.05, 3.63) is 30.0 Å². The van der Waals surface area contributed by atoms with Crippen LogP contribution < -0.4 is 5.32 Å². The van der Waals surface area contributed by atoms with Crippen LogP contribution in [0.2, 0.25) is 0 Å². The number of aromatic nitrogens is 2. The van der Waals surface area contributed by atoms with Crippen LogP contribution in [0.4, 0.5) is 5.82 Å². The van der Waals surface area contributed by atoms with E-state index in [0.717, 1.165) is 28.7 Å². The van der Waals surface area contributed by atoms with E-state index in [1.165, 1.54) is 0 Å². The molecule has 1 aromatic carbocycles. The first-order valence-corrected chi connectivity index (χ1v) is 5.46. The van der Waals surface area contributed by atoms with Gasteiger partial charge >= 0.3 is 0 Å². The van der Waals surface area contributed by atoms with E-state index >= 15 is 0 Å². The van der Waals surface area contributed by atoms with Crippen LogP contribution in [0.5, 0.6) is 0 Å². The summed E-state index contributed by atoms with van der Waals surface area (Å²) in [5.41, 5.74) is 1.00. The predicted octanol–water partition coefficient (Wildman–Crippen LogP) is 1.60. The number of nitrogens with one attached hydrogen (secondary N) is 1. The maximum atomic E-state index is 8.79. The summed E-state index contributed by atoms with van der Waals surface area (Å²) in [4.78, 5) is 0. The van der Waals surface area contributed by atoms with Gasteiger partial charge in [0.2, 0.25) is 0 Å². The van der Waals surface area contributed by atoms with Crippen molar-refractivity contribution in [2.75, 3.05) is 18.5 Å². The number of aliphatic hydroxyl groups excluding tert-OH is 1. The Labute approximate surface area is 94.3 Å². The number of nitrogens with zero attached hydrogens (tertiary/aromatic N) is 2. The molecule has 4 heteroatoms. The summed E-state index contributed by atoms with van der Waals surface area (Å²) in [6, 6.07) is 8.04. The summed E-state index contributed by atoms with van der Waals surface area (Å²) in [5, 5.41) is 22.4. The van der Waals surface area contributed by atoms with Gasteiger partial charge in [0.05, 0.1) is 12.3 Å². The van der Waals surface area contributed by atoms with E-state index in [2.05, 4.69) is 22.4 Å². The first-order valence-electron chi connectivity index (χ1n) is 5.46. The predicted molar refractivity (Wildman–Crippen MR) is 64.5 cm³/mol. The molecule has 2 aromatic rings. The molecule has 2 rings (SSSR count). The molecule has 0 saturated heterocycles. The highest BCUT2D eigenvalue weighted by Crippen LogP contribution is 2.22. The van der Waals surface area contributed by atoms with Crippen LogP contribution in [0.3, 0.4) is 0 Å². The third kappa shape index (κ3) is 1.97. The number of hydrogen-bond donors (Lipinski definition) is 2. The molecule has 2 N–H and O–H groups in total. The fraction of sp³-hybridized carbons (Fsp3) is 0.333. The highest BCUT2D eigenvalue weighted by molar-refractivity contribution is 5.92. The van der Waals surface area contributed by atoms with E-state index in [-0.39, 0.29) is 6.61 Å². The average molecular weight is 217 g/mol. The van der Waals surface area contributed by atoms with Crippen molar-refractivity contribution in [1.29, 1.82) is 0 Å². The second-order valence-corrected chi connectivity index (χ2v) is 3.54. The maximum absolute atomic E-state index is 8.79. The first-order chi connectivity index (χ1) is 7.86. The van der Waals surface area contributed by atoms with Gasteiger partial charge in [0.15, 0.2) is 5.82 Å². The Balaban J connectivity index is 2.51. The highest BCUT2D eigenvalue weighted by atomic mass is 16.3. The Morgan fingerprint density at radius 2 is 1.94 bits per heavy atom. The lowest BCUT2D eigenvalue weighted by Crippen LogP contribution is -2.09. The molecule has 1 aromatic heterocycles. The summed E-state index contributed by atoms with van der Waals surface area (Å²) in [6.07, 6.45) is 0.869. The number of rotatable bonds is 4. The lowest BCUT2D eigenvalue weighted by Gasteiger charge is -2.08. The van der Waals surface area contributed by atoms with Gasteiger partial charge in [-0.15, -0.1) is 5.10 Å². The van der Waals surface area contributed by atoms with Gasteiger partial charge in [0.25, 0.3) is 0 Å². The normalized spacial score (nSPS) is 10.6. The van der Waals surface area contributed by atoms with Gasteiger partial charge in [-0.1, -0.05) is 31.2 Å². The standard InChI is InChI=1S/C12H15N3O/c1-2-11-9-5-3-4-6-10(9)12(15-14-11)13-7-8-16/h3-6,16H,2,7-8H2,1H3,(H,13,15). The van der Waals surface area contributed by atoms with Crippen molar-refractivity contribution in [1.82, 2.24) is 10.2 Å². The molecular weight excluding hydrogens is 202 g/mol. The fourth-order valence-corrected chi connectivity index (χ4v) is 1.73. The third-order valence-corrected chi connectivity index (χ3v) is 2.50. The molecule has 0 amide bonds. The van der Waals surface area contributed by atoms with Gasteiger partial charge in [-0.2, -0.15) is 5.10 Å². The molecule has 0 fully saturated rings. The molecule has 0 radical (unpaired) electrons. The van der Waals surface area contributed by atoms with Gasteiger partial charge in [0.1, 0.15) is 0 Å². The van der Waals surface area contributed by atoms with Crippen molar-refractivity contribution in [2.24, 2.45) is 0 Å². The quantitative estimate of drug-likeness (QED) is 0.816. The van der Waals surface area contributed by atoms with Crippen LogP contribution in [-0.2, 0) is 6.42 Å². The summed E-state index contributed by atoms with van der Waals surface area (Å²) in [7, 11) is 0. The van der Waals surface area contributed by atoms with Crippen LogP contribution in [0.25, 0.3) is 10.8 Å². The Hall–Kier alpha value is -1.68. The number of benzene rings is 1. The number of aryl methyl sites for hydroxylation is 1. The van der Waals surface area contributed by atoms with Crippen LogP contribution in [-0.4, -0.2) is 28.5 Å². The van der Waals surface area contributed by atoms with Crippen molar-refractivity contribution >= 4 is 16.6 Å². The van der Waals surface area contributed by atoms with E-state index < -0.39 is 0 Å². The molecule has 4 nitrogen and oxygen atoms in total. The maximum Gasteiger partial charge on any atom is 0.156 e. The Morgan fingerprint density at radius 1 is 1.19 bits per heavy atom. The Morgan fingerprint density at radius 3 is 2.62 bits per heavy atom. The highest BCUT2D eigenvalue weighted by Gasteiger charge is 2.06. The SMILES string of the molecule is CCc1nnc(NCCO)c2ccccc12. The molecule has 0 saturated carbocycles. The summed E-state index contributed by atoms with van der Waals surface area (Å²) < 4.78 is 0. The minimum Gasteiger partial charge on any atom is -0.395 e. The van der Waals surface area contributed by atoms with E-state index in [1.807, 2.05) is 24.3 Å². The van der Waals surface area contributed by atoms with Gasteiger partial charge in [0, 0.05) is 17.3 Å². The Kier molecular flexibility index (Phi) is 3.31. The summed E-state index contributed by atoms with van der Waals surface area (Å²) in [5.74, 6) is 0.738. The number of anilines is 1. The molecule has 1 heterocycles. The monoisotopic (exact) mass is 217 g/mol. The zero-order valence-electron chi connectivity index (χ0n) is 9.27. The van der Waals surface area contributed by atoms with Crippen molar-refractivity contribution < 1.29 is 5.11 Å². The molecule has 84 valence electrons. The zero-order valence-corrected chi connectivity index (χ0v) is 9.27. The van der Waals surface area contributed by atoms with E-state index in [1.54, 1.807) is 0 Å². The van der Waals surface area contributed by atoms with Crippen LogP contribution in [0.15, 0.2) is 24.3 Å². The number of hydrogen-bond acceptors (Lipinski definition) is 4. The summed E-state index contributed by atoms with van der Waals surface area (Å²) in [6.45, 7) is 2.65. The minimum absolute atomic E-state index is 0.0888. The van der Waals surface area contributed by atoms with E-state index in [4.69, 9.17) is 5.11 Å². The molecule has 0 aliphatic heterocycles. The van der Waals surface area contributed by atoms with Crippen LogP contribution in [0, 0.1) is 0 Å². The van der Waals surface area contributed by atoms with Crippen molar-refractivity contribution in [3.8, 4) is 0 Å². The van der Waals surface area contributed by atoms with Gasteiger partial charge < -0.3 is 10.4 Å². The topological polar surface area (TPSA) is 58.0 Å². The second kappa shape index (κ2) is 4.90. The smallest absolute Gasteiger partial charge is 0.156 e. The summed E-state index contributed by atoms with van der Waals surface area (Å²) >= 11 is 0. The van der Waals surface area contributed by atoms with Gasteiger partial charge in [-0.05, 0) is 6.42 Å². The van der Waals surface area contributed by atoms with E-state index in [9.17, 15) is 0 Å². The molecular formula is C12H15N3O. The van der Waals surface area contributed by atoms with Crippen LogP contribution in [0.1, 0.15) is 12.6 Å². The fourth-order valence-electron chi connectivity index (χ4n) is 1.73. The minimum atomic E-state index is 0.0888. The third-order valence-electron chi connectivity index (χ3n) is 2.50. The lowest BCUT2D eigenvalue weighted by molar-refractivity contribution is 0.311. The molecule has 0 aliphatic carbocycles. The largest absolute Gasteiger partial charge is 0.395 e. The first kappa shape index (κ1) is 10.8. The van der Waals surface area contributed by atoms with Crippen LogP contribution >= 0.6 is 0 Å². The molecule has 0 spiro atoms.